The van der Waals surface area contributed by atoms with Crippen molar-refractivity contribution in [2.45, 2.75) is 19.8 Å². The van der Waals surface area contributed by atoms with E-state index in [1.165, 1.54) is 36.8 Å². The highest BCUT2D eigenvalue weighted by Gasteiger charge is 2.14. The average molecular weight is 306 g/mol. The van der Waals surface area contributed by atoms with Crippen LogP contribution in [-0.4, -0.2) is 34.2 Å². The Labute approximate surface area is 125 Å². The van der Waals surface area contributed by atoms with Crippen molar-refractivity contribution in [1.82, 2.24) is 15.2 Å². The molecular weight excluding hydrogens is 292 g/mol. The Balaban J connectivity index is 2.07. The molecule has 2 aromatic heterocycles. The SMILES string of the molecule is COC(=O)c1ccc(C(=O)Nc2nnc(C(C)C)s2)nc1. The standard InChI is InChI=1S/C13H14N4O3S/c1-7(2)11-16-17-13(21-11)15-10(18)9-5-4-8(6-14-9)12(19)20-3/h4-7H,1-3H3,(H,15,17,18). The van der Waals surface area contributed by atoms with Gasteiger partial charge in [0.1, 0.15) is 10.7 Å². The summed E-state index contributed by atoms with van der Waals surface area (Å²) in [7, 11) is 1.28. The minimum absolute atomic E-state index is 0.184. The van der Waals surface area contributed by atoms with Gasteiger partial charge in [-0.2, -0.15) is 0 Å². The molecule has 0 saturated heterocycles. The quantitative estimate of drug-likeness (QED) is 0.869. The number of ether oxygens (including phenoxy) is 1. The summed E-state index contributed by atoms with van der Waals surface area (Å²) in [6.07, 6.45) is 1.29. The van der Waals surface area contributed by atoms with Gasteiger partial charge in [0, 0.05) is 12.1 Å². The molecule has 0 aromatic carbocycles. The van der Waals surface area contributed by atoms with Gasteiger partial charge in [0.2, 0.25) is 5.13 Å². The lowest BCUT2D eigenvalue weighted by molar-refractivity contribution is 0.0600. The molecule has 0 aliphatic carbocycles. The van der Waals surface area contributed by atoms with Crippen molar-refractivity contribution in [2.75, 3.05) is 12.4 Å². The van der Waals surface area contributed by atoms with Crippen molar-refractivity contribution in [3.63, 3.8) is 0 Å². The fourth-order valence-corrected chi connectivity index (χ4v) is 2.19. The second kappa shape index (κ2) is 6.40. The van der Waals surface area contributed by atoms with Crippen LogP contribution in [-0.2, 0) is 4.74 Å². The number of carbonyl (C=O) groups is 2. The summed E-state index contributed by atoms with van der Waals surface area (Å²) in [6.45, 7) is 4.00. The van der Waals surface area contributed by atoms with Crippen molar-refractivity contribution < 1.29 is 14.3 Å². The van der Waals surface area contributed by atoms with E-state index in [0.29, 0.717) is 5.13 Å². The van der Waals surface area contributed by atoms with Crippen LogP contribution in [0.5, 0.6) is 0 Å². The Hall–Kier alpha value is -2.35. The zero-order chi connectivity index (χ0) is 15.4. The molecule has 7 nitrogen and oxygen atoms in total. The van der Waals surface area contributed by atoms with Crippen LogP contribution in [0, 0.1) is 0 Å². The number of hydrogen-bond acceptors (Lipinski definition) is 7. The molecule has 1 N–H and O–H groups in total. The summed E-state index contributed by atoms with van der Waals surface area (Å²) < 4.78 is 4.56. The highest BCUT2D eigenvalue weighted by atomic mass is 32.1. The van der Waals surface area contributed by atoms with E-state index in [2.05, 4.69) is 25.2 Å². The molecule has 2 heterocycles. The fourth-order valence-electron chi connectivity index (χ4n) is 1.45. The molecule has 0 fully saturated rings. The number of carbonyl (C=O) groups excluding carboxylic acids is 2. The van der Waals surface area contributed by atoms with Gasteiger partial charge >= 0.3 is 5.97 Å². The van der Waals surface area contributed by atoms with Gasteiger partial charge < -0.3 is 4.74 Å². The van der Waals surface area contributed by atoms with Crippen LogP contribution in [0.4, 0.5) is 5.13 Å². The predicted molar refractivity (Wildman–Crippen MR) is 77.5 cm³/mol. The number of nitrogens with one attached hydrogen (secondary N) is 1. The Bertz CT molecular complexity index is 652. The summed E-state index contributed by atoms with van der Waals surface area (Å²) in [4.78, 5) is 27.2. The van der Waals surface area contributed by atoms with Gasteiger partial charge in [-0.3, -0.25) is 15.1 Å². The number of aromatic nitrogens is 3. The van der Waals surface area contributed by atoms with Crippen LogP contribution in [0.15, 0.2) is 18.3 Å². The van der Waals surface area contributed by atoms with Crippen LogP contribution < -0.4 is 5.32 Å². The molecule has 1 amide bonds. The molecule has 8 heteroatoms. The maximum absolute atomic E-state index is 12.0. The van der Waals surface area contributed by atoms with Crippen molar-refractivity contribution in [3.05, 3.63) is 34.6 Å². The van der Waals surface area contributed by atoms with Crippen molar-refractivity contribution in [1.29, 1.82) is 0 Å². The first kappa shape index (κ1) is 15.0. The normalized spacial score (nSPS) is 10.5. The molecule has 0 unspecified atom stereocenters. The smallest absolute Gasteiger partial charge is 0.339 e. The highest BCUT2D eigenvalue weighted by Crippen LogP contribution is 2.22. The number of hydrogen-bond donors (Lipinski definition) is 1. The highest BCUT2D eigenvalue weighted by molar-refractivity contribution is 7.15. The number of pyridine rings is 1. The number of anilines is 1. The van der Waals surface area contributed by atoms with E-state index in [1.807, 2.05) is 13.8 Å². The van der Waals surface area contributed by atoms with Crippen LogP contribution in [0.2, 0.25) is 0 Å². The monoisotopic (exact) mass is 306 g/mol. The van der Waals surface area contributed by atoms with Crippen molar-refractivity contribution in [2.24, 2.45) is 0 Å². The maximum atomic E-state index is 12.0. The van der Waals surface area contributed by atoms with E-state index in [9.17, 15) is 9.59 Å². The third-order valence-electron chi connectivity index (χ3n) is 2.57. The number of rotatable bonds is 4. The van der Waals surface area contributed by atoms with Crippen molar-refractivity contribution >= 4 is 28.3 Å². The van der Waals surface area contributed by atoms with Gasteiger partial charge in [-0.05, 0) is 12.1 Å². The summed E-state index contributed by atoms with van der Waals surface area (Å²) in [6, 6.07) is 2.93. The molecule has 0 aliphatic heterocycles. The van der Waals surface area contributed by atoms with E-state index in [1.54, 1.807) is 0 Å². The van der Waals surface area contributed by atoms with E-state index in [0.717, 1.165) is 5.01 Å². The van der Waals surface area contributed by atoms with E-state index >= 15 is 0 Å². The molecule has 21 heavy (non-hydrogen) atoms. The molecule has 0 bridgehead atoms. The van der Waals surface area contributed by atoms with E-state index in [4.69, 9.17) is 0 Å². The van der Waals surface area contributed by atoms with Gasteiger partial charge in [-0.15, -0.1) is 10.2 Å². The Morgan fingerprint density at radius 2 is 2.05 bits per heavy atom. The number of methoxy groups -OCH3 is 1. The first-order valence-corrected chi connectivity index (χ1v) is 7.02. The lowest BCUT2D eigenvalue weighted by atomic mass is 10.2. The number of nitrogens with zero attached hydrogens (tertiary/aromatic N) is 3. The van der Waals surface area contributed by atoms with Crippen molar-refractivity contribution in [3.8, 4) is 0 Å². The number of esters is 1. The van der Waals surface area contributed by atoms with Crippen LogP contribution in [0.25, 0.3) is 0 Å². The van der Waals surface area contributed by atoms with Gasteiger partial charge in [0.05, 0.1) is 12.7 Å². The summed E-state index contributed by atoms with van der Waals surface area (Å²) in [5, 5.41) is 11.8. The van der Waals surface area contributed by atoms with Crippen LogP contribution >= 0.6 is 11.3 Å². The minimum Gasteiger partial charge on any atom is -0.465 e. The van der Waals surface area contributed by atoms with Gasteiger partial charge in [-0.25, -0.2) is 4.79 Å². The van der Waals surface area contributed by atoms with Crippen LogP contribution in [0.1, 0.15) is 45.6 Å². The average Bonchev–Trinajstić information content (AvgIpc) is 2.95. The van der Waals surface area contributed by atoms with Crippen LogP contribution in [0.3, 0.4) is 0 Å². The first-order valence-electron chi connectivity index (χ1n) is 6.20. The third-order valence-corrected chi connectivity index (χ3v) is 3.71. The van der Waals surface area contributed by atoms with Gasteiger partial charge in [0.25, 0.3) is 5.91 Å². The topological polar surface area (TPSA) is 94.1 Å². The molecule has 0 aliphatic rings. The second-order valence-electron chi connectivity index (χ2n) is 4.48. The lowest BCUT2D eigenvalue weighted by Crippen LogP contribution is -2.14. The first-order chi connectivity index (χ1) is 10.0. The molecule has 2 rings (SSSR count). The van der Waals surface area contributed by atoms with E-state index in [-0.39, 0.29) is 17.2 Å². The Morgan fingerprint density at radius 3 is 2.57 bits per heavy atom. The zero-order valence-electron chi connectivity index (χ0n) is 11.8. The molecule has 0 radical (unpaired) electrons. The molecule has 2 aromatic rings. The Morgan fingerprint density at radius 1 is 1.29 bits per heavy atom. The predicted octanol–water partition coefficient (Wildman–Crippen LogP) is 2.10. The summed E-state index contributed by atoms with van der Waals surface area (Å²) in [5.74, 6) is -0.649. The summed E-state index contributed by atoms with van der Waals surface area (Å²) >= 11 is 1.32. The molecule has 110 valence electrons. The lowest BCUT2D eigenvalue weighted by Gasteiger charge is -2.02. The molecular formula is C13H14N4O3S. The second-order valence-corrected chi connectivity index (χ2v) is 5.49. The fraction of sp³-hybridized carbons (Fsp3) is 0.308. The number of amides is 1. The minimum atomic E-state index is -0.500. The molecule has 0 atom stereocenters. The Kier molecular flexibility index (Phi) is 4.59. The third kappa shape index (κ3) is 3.60. The van der Waals surface area contributed by atoms with E-state index < -0.39 is 11.9 Å². The summed E-state index contributed by atoms with van der Waals surface area (Å²) in [5.41, 5.74) is 0.469. The zero-order valence-corrected chi connectivity index (χ0v) is 12.6. The van der Waals surface area contributed by atoms with Gasteiger partial charge in [-0.1, -0.05) is 25.2 Å². The maximum Gasteiger partial charge on any atom is 0.339 e. The largest absolute Gasteiger partial charge is 0.465 e. The molecule has 0 spiro atoms. The van der Waals surface area contributed by atoms with Gasteiger partial charge in [0.15, 0.2) is 0 Å². The molecule has 0 saturated carbocycles.